The number of aromatic amines is 1. The third-order valence-electron chi connectivity index (χ3n) is 3.15. The van der Waals surface area contributed by atoms with E-state index in [4.69, 9.17) is 5.73 Å². The number of para-hydroxylation sites is 1. The van der Waals surface area contributed by atoms with Crippen LogP contribution in [0, 0.1) is 0 Å². The van der Waals surface area contributed by atoms with Crippen LogP contribution in [0.4, 0.5) is 5.69 Å². The fourth-order valence-electron chi connectivity index (χ4n) is 2.11. The van der Waals surface area contributed by atoms with Crippen LogP contribution in [-0.2, 0) is 5.41 Å². The van der Waals surface area contributed by atoms with E-state index in [0.717, 1.165) is 15.9 Å². The van der Waals surface area contributed by atoms with E-state index < -0.39 is 0 Å². The van der Waals surface area contributed by atoms with Gasteiger partial charge in [0.2, 0.25) is 5.13 Å². The maximum atomic E-state index is 12.3. The van der Waals surface area contributed by atoms with Crippen LogP contribution in [0.15, 0.2) is 29.1 Å². The third kappa shape index (κ3) is 1.92. The third-order valence-corrected chi connectivity index (χ3v) is 4.17. The molecule has 0 aliphatic heterocycles. The molecule has 3 N–H and O–H groups in total. The smallest absolute Gasteiger partial charge is 0.296 e. The normalized spacial score (nSPS) is 12.2. The molecule has 0 bridgehead atoms. The van der Waals surface area contributed by atoms with E-state index in [0.29, 0.717) is 5.13 Å². The number of hydrogen-bond donors (Lipinski definition) is 2. The number of nitrogens with zero attached hydrogens (tertiary/aromatic N) is 2. The van der Waals surface area contributed by atoms with Crippen LogP contribution in [0.3, 0.4) is 0 Å². The minimum Gasteiger partial charge on any atom is -0.393 e. The van der Waals surface area contributed by atoms with Gasteiger partial charge in [0.25, 0.3) is 5.56 Å². The van der Waals surface area contributed by atoms with Gasteiger partial charge in [-0.3, -0.25) is 9.89 Å². The zero-order valence-electron chi connectivity index (χ0n) is 11.6. The highest BCUT2D eigenvalue weighted by Crippen LogP contribution is 2.27. The molecule has 0 spiro atoms. The minimum atomic E-state index is -0.242. The van der Waals surface area contributed by atoms with Crippen molar-refractivity contribution in [1.29, 1.82) is 0 Å². The molecule has 1 aromatic carbocycles. The summed E-state index contributed by atoms with van der Waals surface area (Å²) in [5.74, 6) is 0. The Morgan fingerprint density at radius 1 is 1.30 bits per heavy atom. The molecule has 5 nitrogen and oxygen atoms in total. The summed E-state index contributed by atoms with van der Waals surface area (Å²) in [7, 11) is 0. The van der Waals surface area contributed by atoms with E-state index in [1.54, 1.807) is 0 Å². The quantitative estimate of drug-likeness (QED) is 0.722. The molecular formula is C14H16N4OS. The molecule has 3 aromatic rings. The van der Waals surface area contributed by atoms with Gasteiger partial charge in [-0.15, -0.1) is 0 Å². The number of rotatable bonds is 1. The molecule has 2 heterocycles. The van der Waals surface area contributed by atoms with Gasteiger partial charge >= 0.3 is 0 Å². The average molecular weight is 288 g/mol. The Morgan fingerprint density at radius 2 is 2.00 bits per heavy atom. The van der Waals surface area contributed by atoms with Crippen molar-refractivity contribution >= 4 is 27.2 Å². The van der Waals surface area contributed by atoms with Crippen LogP contribution in [0.5, 0.6) is 0 Å². The first-order valence-electron chi connectivity index (χ1n) is 6.35. The van der Waals surface area contributed by atoms with Gasteiger partial charge in [0.15, 0.2) is 0 Å². The second-order valence-electron chi connectivity index (χ2n) is 5.76. The van der Waals surface area contributed by atoms with Gasteiger partial charge in [-0.05, 0) is 12.1 Å². The molecule has 2 aromatic heterocycles. The van der Waals surface area contributed by atoms with Crippen LogP contribution < -0.4 is 11.3 Å². The monoisotopic (exact) mass is 288 g/mol. The number of thiazole rings is 1. The van der Waals surface area contributed by atoms with Crippen molar-refractivity contribution in [1.82, 2.24) is 14.8 Å². The van der Waals surface area contributed by atoms with E-state index in [2.05, 4.69) is 10.1 Å². The maximum Gasteiger partial charge on any atom is 0.296 e. The first kappa shape index (κ1) is 12.9. The van der Waals surface area contributed by atoms with Gasteiger partial charge < -0.3 is 5.73 Å². The number of fused-ring (bicyclic) bond motifs is 1. The SMILES string of the molecule is CC(C)(C)c1[nH]n(-c2nc3ccccc3s2)c(=O)c1N. The number of nitrogen functional groups attached to an aromatic ring is 1. The topological polar surface area (TPSA) is 76.7 Å². The zero-order chi connectivity index (χ0) is 14.5. The zero-order valence-corrected chi connectivity index (χ0v) is 12.4. The highest BCUT2D eigenvalue weighted by molar-refractivity contribution is 7.20. The average Bonchev–Trinajstić information content (AvgIpc) is 2.91. The van der Waals surface area contributed by atoms with Gasteiger partial charge in [-0.25, -0.2) is 4.98 Å². The number of nitrogens with one attached hydrogen (secondary N) is 1. The van der Waals surface area contributed by atoms with Crippen molar-refractivity contribution < 1.29 is 0 Å². The predicted molar refractivity (Wildman–Crippen MR) is 82.7 cm³/mol. The lowest BCUT2D eigenvalue weighted by molar-refractivity contribution is 0.561. The Balaban J connectivity index is 2.22. The van der Waals surface area contributed by atoms with E-state index in [1.165, 1.54) is 16.0 Å². The van der Waals surface area contributed by atoms with Crippen molar-refractivity contribution in [3.63, 3.8) is 0 Å². The van der Waals surface area contributed by atoms with Crippen LogP contribution in [-0.4, -0.2) is 14.8 Å². The van der Waals surface area contributed by atoms with Gasteiger partial charge in [-0.1, -0.05) is 44.2 Å². The molecule has 0 amide bonds. The molecule has 0 atom stereocenters. The Hall–Kier alpha value is -2.08. The fourth-order valence-corrected chi connectivity index (χ4v) is 3.04. The van der Waals surface area contributed by atoms with E-state index in [9.17, 15) is 4.79 Å². The van der Waals surface area contributed by atoms with Gasteiger partial charge in [0.1, 0.15) is 5.69 Å². The number of hydrogen-bond acceptors (Lipinski definition) is 4. The lowest BCUT2D eigenvalue weighted by atomic mass is 9.91. The highest BCUT2D eigenvalue weighted by Gasteiger charge is 2.24. The van der Waals surface area contributed by atoms with Gasteiger partial charge in [-0.2, -0.15) is 4.68 Å². The Bertz CT molecular complexity index is 802. The molecule has 3 rings (SSSR count). The Morgan fingerprint density at radius 3 is 2.60 bits per heavy atom. The van der Waals surface area contributed by atoms with Crippen molar-refractivity contribution in [2.45, 2.75) is 26.2 Å². The molecule has 20 heavy (non-hydrogen) atoms. The summed E-state index contributed by atoms with van der Waals surface area (Å²) in [4.78, 5) is 16.8. The molecule has 104 valence electrons. The largest absolute Gasteiger partial charge is 0.393 e. The second-order valence-corrected chi connectivity index (χ2v) is 6.76. The molecule has 6 heteroatoms. The number of nitrogens with two attached hydrogens (primary N) is 1. The first-order chi connectivity index (χ1) is 9.38. The van der Waals surface area contributed by atoms with Crippen LogP contribution >= 0.6 is 11.3 Å². The van der Waals surface area contributed by atoms with Gasteiger partial charge in [0.05, 0.1) is 15.9 Å². The Kier molecular flexibility index (Phi) is 2.72. The number of benzene rings is 1. The number of anilines is 1. The molecule has 0 saturated carbocycles. The van der Waals surface area contributed by atoms with Crippen LogP contribution in [0.2, 0.25) is 0 Å². The number of aromatic nitrogens is 3. The summed E-state index contributed by atoms with van der Waals surface area (Å²) in [5, 5.41) is 3.70. The van der Waals surface area contributed by atoms with Crippen LogP contribution in [0.25, 0.3) is 15.3 Å². The second kappa shape index (κ2) is 4.21. The van der Waals surface area contributed by atoms with Crippen molar-refractivity contribution in [2.24, 2.45) is 0 Å². The molecule has 0 fully saturated rings. The standard InChI is InChI=1S/C14H16N4OS/c1-14(2,3)11-10(15)12(19)18(17-11)13-16-8-6-4-5-7-9(8)20-13/h4-7,17H,15H2,1-3H3. The first-order valence-corrected chi connectivity index (χ1v) is 7.16. The molecule has 0 radical (unpaired) electrons. The summed E-state index contributed by atoms with van der Waals surface area (Å²) in [6, 6.07) is 7.80. The van der Waals surface area contributed by atoms with Crippen molar-refractivity contribution in [3.05, 3.63) is 40.3 Å². The molecule has 0 unspecified atom stereocenters. The van der Waals surface area contributed by atoms with E-state index >= 15 is 0 Å². The molecule has 0 aliphatic carbocycles. The lowest BCUT2D eigenvalue weighted by Gasteiger charge is -2.16. The predicted octanol–water partition coefficient (Wildman–Crippen LogP) is 2.66. The van der Waals surface area contributed by atoms with E-state index in [-0.39, 0.29) is 16.7 Å². The number of H-pyrrole nitrogens is 1. The summed E-state index contributed by atoms with van der Waals surface area (Å²) in [6.45, 7) is 6.03. The van der Waals surface area contributed by atoms with Crippen molar-refractivity contribution in [2.75, 3.05) is 5.73 Å². The fraction of sp³-hybridized carbons (Fsp3) is 0.286. The highest BCUT2D eigenvalue weighted by atomic mass is 32.1. The van der Waals surface area contributed by atoms with Gasteiger partial charge in [0, 0.05) is 5.41 Å². The Labute approximate surface area is 120 Å². The lowest BCUT2D eigenvalue weighted by Crippen LogP contribution is -2.17. The molecule has 0 saturated heterocycles. The van der Waals surface area contributed by atoms with Crippen molar-refractivity contribution in [3.8, 4) is 5.13 Å². The summed E-state index contributed by atoms with van der Waals surface area (Å²) < 4.78 is 2.47. The minimum absolute atomic E-state index is 0.217. The maximum absolute atomic E-state index is 12.3. The van der Waals surface area contributed by atoms with Crippen LogP contribution in [0.1, 0.15) is 26.5 Å². The summed E-state index contributed by atoms with van der Waals surface area (Å²) >= 11 is 1.46. The molecule has 0 aliphatic rings. The summed E-state index contributed by atoms with van der Waals surface area (Å²) in [5.41, 5.74) is 7.35. The van der Waals surface area contributed by atoms with E-state index in [1.807, 2.05) is 45.0 Å². The summed E-state index contributed by atoms with van der Waals surface area (Å²) in [6.07, 6.45) is 0. The molecular weight excluding hydrogens is 272 g/mol.